The number of ether oxygens (including phenoxy) is 2. The van der Waals surface area contributed by atoms with Gasteiger partial charge in [0.05, 0.1) is 19.0 Å². The van der Waals surface area contributed by atoms with E-state index in [1.807, 2.05) is 42.8 Å². The van der Waals surface area contributed by atoms with Crippen LogP contribution in [-0.4, -0.2) is 39.6 Å². The van der Waals surface area contributed by atoms with Crippen LogP contribution in [0.1, 0.15) is 17.5 Å². The third-order valence-corrected chi connectivity index (χ3v) is 6.18. The number of carbonyl (C=O) groups excluding carboxylic acids is 1. The zero-order chi connectivity index (χ0) is 21.8. The molecule has 3 aromatic rings. The lowest BCUT2D eigenvalue weighted by Gasteiger charge is -2.12. The van der Waals surface area contributed by atoms with E-state index in [-0.39, 0.29) is 11.7 Å². The molecule has 1 N–H and O–H groups in total. The van der Waals surface area contributed by atoms with Crippen LogP contribution in [0.2, 0.25) is 5.02 Å². The zero-order valence-corrected chi connectivity index (χ0v) is 18.9. The molecule has 0 atom stereocenters. The molecule has 0 spiro atoms. The molecular formula is C22H23ClN4O3S. The smallest absolute Gasteiger partial charge is 0.230 e. The Morgan fingerprint density at radius 2 is 1.87 bits per heavy atom. The van der Waals surface area contributed by atoms with E-state index in [2.05, 4.69) is 15.5 Å². The predicted octanol–water partition coefficient (Wildman–Crippen LogP) is 4.01. The molecule has 0 unspecified atom stereocenters. The van der Waals surface area contributed by atoms with E-state index >= 15 is 0 Å². The van der Waals surface area contributed by atoms with Crippen molar-refractivity contribution in [3.05, 3.63) is 52.5 Å². The monoisotopic (exact) mass is 458 g/mol. The van der Waals surface area contributed by atoms with Gasteiger partial charge in [-0.05, 0) is 42.3 Å². The van der Waals surface area contributed by atoms with Crippen molar-refractivity contribution < 1.29 is 14.3 Å². The third-order valence-electron chi connectivity index (χ3n) is 4.91. The summed E-state index contributed by atoms with van der Waals surface area (Å²) in [6.45, 7) is 3.74. The van der Waals surface area contributed by atoms with Crippen molar-refractivity contribution in [2.75, 3.05) is 19.0 Å². The summed E-state index contributed by atoms with van der Waals surface area (Å²) in [5.74, 6) is 2.37. The summed E-state index contributed by atoms with van der Waals surface area (Å²) in [5, 5.41) is 12.9. The molecule has 1 aliphatic rings. The molecule has 0 bridgehead atoms. The van der Waals surface area contributed by atoms with Gasteiger partial charge in [0.2, 0.25) is 5.91 Å². The van der Waals surface area contributed by atoms with Gasteiger partial charge in [-0.2, -0.15) is 0 Å². The van der Waals surface area contributed by atoms with Crippen molar-refractivity contribution in [2.45, 2.75) is 25.0 Å². The number of thioether (sulfide) groups is 1. The number of benzene rings is 2. The molecule has 1 amide bonds. The van der Waals surface area contributed by atoms with Crippen molar-refractivity contribution >= 4 is 29.3 Å². The molecular weight excluding hydrogens is 436 g/mol. The topological polar surface area (TPSA) is 78.3 Å². The zero-order valence-electron chi connectivity index (χ0n) is 17.4. The van der Waals surface area contributed by atoms with Crippen molar-refractivity contribution in [3.8, 4) is 22.9 Å². The molecule has 7 nitrogen and oxygen atoms in total. The van der Waals surface area contributed by atoms with E-state index in [0.29, 0.717) is 29.9 Å². The number of nitrogens with zero attached hydrogens (tertiary/aromatic N) is 3. The van der Waals surface area contributed by atoms with Crippen molar-refractivity contribution in [2.24, 2.45) is 7.05 Å². The molecule has 2 heterocycles. The minimum absolute atomic E-state index is 0.0729. The van der Waals surface area contributed by atoms with Crippen LogP contribution in [0.4, 0.5) is 0 Å². The van der Waals surface area contributed by atoms with Gasteiger partial charge in [0.15, 0.2) is 22.5 Å². The lowest BCUT2D eigenvalue weighted by Crippen LogP contribution is -2.24. The summed E-state index contributed by atoms with van der Waals surface area (Å²) >= 11 is 7.23. The molecule has 162 valence electrons. The summed E-state index contributed by atoms with van der Waals surface area (Å²) < 4.78 is 13.5. The number of fused-ring (bicyclic) bond motifs is 1. The SMILES string of the molecule is Cc1cc2c(cc1-c1nnc(SCC(=O)NCc3ccc(Cl)cc3)n1C)OCCCO2. The number of hydrogen-bond donors (Lipinski definition) is 1. The fourth-order valence-electron chi connectivity index (χ4n) is 3.21. The summed E-state index contributed by atoms with van der Waals surface area (Å²) in [4.78, 5) is 12.2. The highest BCUT2D eigenvalue weighted by Gasteiger charge is 2.19. The number of carbonyl (C=O) groups is 1. The quantitative estimate of drug-likeness (QED) is 0.562. The maximum Gasteiger partial charge on any atom is 0.230 e. The predicted molar refractivity (Wildman–Crippen MR) is 121 cm³/mol. The summed E-state index contributed by atoms with van der Waals surface area (Å²) in [5.41, 5.74) is 2.95. The lowest BCUT2D eigenvalue weighted by molar-refractivity contribution is -0.118. The molecule has 0 fully saturated rings. The van der Waals surface area contributed by atoms with E-state index in [1.54, 1.807) is 12.1 Å². The van der Waals surface area contributed by atoms with E-state index in [0.717, 1.165) is 40.4 Å². The molecule has 9 heteroatoms. The average Bonchev–Trinajstić information content (AvgIpc) is 2.97. The van der Waals surface area contributed by atoms with Crippen molar-refractivity contribution in [1.29, 1.82) is 0 Å². The third kappa shape index (κ3) is 5.14. The number of amides is 1. The largest absolute Gasteiger partial charge is 0.490 e. The highest BCUT2D eigenvalue weighted by atomic mass is 35.5. The molecule has 1 aliphatic heterocycles. The van der Waals surface area contributed by atoms with Crippen LogP contribution in [0, 0.1) is 6.92 Å². The van der Waals surface area contributed by atoms with Crippen molar-refractivity contribution in [3.63, 3.8) is 0 Å². The molecule has 0 saturated carbocycles. The normalized spacial score (nSPS) is 13.0. The van der Waals surface area contributed by atoms with Crippen LogP contribution in [-0.2, 0) is 18.4 Å². The van der Waals surface area contributed by atoms with Gasteiger partial charge in [0.1, 0.15) is 0 Å². The Bertz CT molecular complexity index is 1090. The van der Waals surface area contributed by atoms with E-state index in [1.165, 1.54) is 11.8 Å². The number of halogens is 1. The highest BCUT2D eigenvalue weighted by molar-refractivity contribution is 7.99. The maximum atomic E-state index is 12.2. The van der Waals surface area contributed by atoms with Gasteiger partial charge in [-0.3, -0.25) is 4.79 Å². The van der Waals surface area contributed by atoms with Crippen LogP contribution in [0.15, 0.2) is 41.6 Å². The van der Waals surface area contributed by atoms with E-state index < -0.39 is 0 Å². The van der Waals surface area contributed by atoms with Gasteiger partial charge >= 0.3 is 0 Å². The Labute approximate surface area is 190 Å². The highest BCUT2D eigenvalue weighted by Crippen LogP contribution is 2.36. The maximum absolute atomic E-state index is 12.2. The second-order valence-electron chi connectivity index (χ2n) is 7.22. The molecule has 0 radical (unpaired) electrons. The summed E-state index contributed by atoms with van der Waals surface area (Å²) in [6, 6.07) is 11.3. The van der Waals surface area contributed by atoms with Gasteiger partial charge in [-0.15, -0.1) is 10.2 Å². The summed E-state index contributed by atoms with van der Waals surface area (Å²) in [6.07, 6.45) is 0.855. The van der Waals surface area contributed by atoms with Crippen LogP contribution in [0.3, 0.4) is 0 Å². The number of rotatable bonds is 6. The Morgan fingerprint density at radius 3 is 2.61 bits per heavy atom. The number of aryl methyl sites for hydroxylation is 1. The van der Waals surface area contributed by atoms with Crippen LogP contribution in [0.5, 0.6) is 11.5 Å². The first kappa shape index (κ1) is 21.5. The molecule has 1 aromatic heterocycles. The minimum atomic E-state index is -0.0729. The van der Waals surface area contributed by atoms with Gasteiger partial charge in [-0.1, -0.05) is 35.5 Å². The number of nitrogens with one attached hydrogen (secondary N) is 1. The van der Waals surface area contributed by atoms with E-state index in [9.17, 15) is 4.79 Å². The second kappa shape index (κ2) is 9.62. The van der Waals surface area contributed by atoms with Gasteiger partial charge < -0.3 is 19.4 Å². The first-order valence-electron chi connectivity index (χ1n) is 9.95. The minimum Gasteiger partial charge on any atom is -0.490 e. The Kier molecular flexibility index (Phi) is 6.67. The standard InChI is InChI=1S/C22H23ClN4O3S/c1-14-10-18-19(30-9-3-8-29-18)11-17(14)21-25-26-22(27(21)2)31-13-20(28)24-12-15-4-6-16(23)7-5-15/h4-7,10-11H,3,8-9,12-13H2,1-2H3,(H,24,28). The molecule has 0 aliphatic carbocycles. The van der Waals surface area contributed by atoms with Crippen LogP contribution >= 0.6 is 23.4 Å². The van der Waals surface area contributed by atoms with Crippen LogP contribution < -0.4 is 14.8 Å². The first-order valence-corrected chi connectivity index (χ1v) is 11.3. The van der Waals surface area contributed by atoms with Crippen molar-refractivity contribution in [1.82, 2.24) is 20.1 Å². The van der Waals surface area contributed by atoms with E-state index in [4.69, 9.17) is 21.1 Å². The lowest BCUT2D eigenvalue weighted by atomic mass is 10.1. The fraction of sp³-hybridized carbons (Fsp3) is 0.318. The molecule has 2 aromatic carbocycles. The fourth-order valence-corrected chi connectivity index (χ4v) is 4.08. The number of aromatic nitrogens is 3. The first-order chi connectivity index (χ1) is 15.0. The number of hydrogen-bond acceptors (Lipinski definition) is 6. The molecule has 4 rings (SSSR count). The molecule has 0 saturated heterocycles. The molecule has 31 heavy (non-hydrogen) atoms. The average molecular weight is 459 g/mol. The van der Waals surface area contributed by atoms with Crippen LogP contribution in [0.25, 0.3) is 11.4 Å². The Morgan fingerprint density at radius 1 is 1.16 bits per heavy atom. The van der Waals surface area contributed by atoms with Gasteiger partial charge in [0, 0.05) is 30.6 Å². The van der Waals surface area contributed by atoms with Gasteiger partial charge in [0.25, 0.3) is 0 Å². The Hall–Kier alpha value is -2.71. The summed E-state index contributed by atoms with van der Waals surface area (Å²) in [7, 11) is 1.89. The van der Waals surface area contributed by atoms with Gasteiger partial charge in [-0.25, -0.2) is 0 Å². The Balaban J connectivity index is 1.41. The second-order valence-corrected chi connectivity index (χ2v) is 8.60.